The Morgan fingerprint density at radius 3 is 2.56 bits per heavy atom. The molecule has 3 rings (SSSR count). The van der Waals surface area contributed by atoms with Crippen molar-refractivity contribution in [2.45, 2.75) is 45.3 Å². The molecule has 1 aromatic carbocycles. The number of amides is 1. The summed E-state index contributed by atoms with van der Waals surface area (Å²) in [5.41, 5.74) is 1.57. The van der Waals surface area contributed by atoms with E-state index in [0.717, 1.165) is 35.2 Å². The third-order valence-electron chi connectivity index (χ3n) is 4.95. The van der Waals surface area contributed by atoms with Gasteiger partial charge in [-0.3, -0.25) is 4.98 Å². The lowest BCUT2D eigenvalue weighted by atomic mass is 10.0. The first-order valence-electron chi connectivity index (χ1n) is 9.41. The smallest absolute Gasteiger partial charge is 0.410 e. The van der Waals surface area contributed by atoms with Crippen LogP contribution in [0.5, 0.6) is 5.75 Å². The summed E-state index contributed by atoms with van der Waals surface area (Å²) in [4.78, 5) is 20.9. The molecule has 0 unspecified atom stereocenters. The summed E-state index contributed by atoms with van der Waals surface area (Å²) < 4.78 is 10.8. The van der Waals surface area contributed by atoms with E-state index in [0.29, 0.717) is 19.1 Å². The number of anilines is 1. The third-order valence-corrected chi connectivity index (χ3v) is 4.95. The fourth-order valence-electron chi connectivity index (χ4n) is 3.39. The number of carbonyl (C=O) groups excluding carboxylic acids is 1. The Hall–Kier alpha value is -2.50. The summed E-state index contributed by atoms with van der Waals surface area (Å²) in [7, 11) is 3.76. The largest absolute Gasteiger partial charge is 0.497 e. The number of pyridine rings is 1. The highest BCUT2D eigenvalue weighted by molar-refractivity contribution is 5.83. The number of aromatic nitrogens is 1. The molecule has 146 valence electrons. The maximum atomic E-state index is 12.2. The number of piperidine rings is 1. The van der Waals surface area contributed by atoms with Gasteiger partial charge in [-0.15, -0.1) is 0 Å². The predicted octanol–water partition coefficient (Wildman–Crippen LogP) is 4.08. The van der Waals surface area contributed by atoms with E-state index in [1.807, 2.05) is 45.2 Å². The van der Waals surface area contributed by atoms with Crippen LogP contribution in [0.1, 0.15) is 33.6 Å². The van der Waals surface area contributed by atoms with Gasteiger partial charge in [-0.25, -0.2) is 4.79 Å². The number of hydrogen-bond acceptors (Lipinski definition) is 5. The van der Waals surface area contributed by atoms with Crippen LogP contribution < -0.4 is 9.64 Å². The lowest BCUT2D eigenvalue weighted by molar-refractivity contribution is 0.0205. The molecule has 1 fully saturated rings. The van der Waals surface area contributed by atoms with Gasteiger partial charge in [-0.2, -0.15) is 0 Å². The van der Waals surface area contributed by atoms with Crippen LogP contribution in [0.2, 0.25) is 0 Å². The first kappa shape index (κ1) is 19.3. The number of nitrogens with zero attached hydrogens (tertiary/aromatic N) is 3. The van der Waals surface area contributed by atoms with Gasteiger partial charge in [-0.05, 0) is 57.9 Å². The van der Waals surface area contributed by atoms with E-state index < -0.39 is 5.60 Å². The zero-order chi connectivity index (χ0) is 19.6. The van der Waals surface area contributed by atoms with Gasteiger partial charge in [0.15, 0.2) is 0 Å². The molecule has 27 heavy (non-hydrogen) atoms. The molecule has 2 heterocycles. The van der Waals surface area contributed by atoms with E-state index in [2.05, 4.69) is 23.0 Å². The topological polar surface area (TPSA) is 54.9 Å². The Bertz CT molecular complexity index is 808. The van der Waals surface area contributed by atoms with E-state index in [9.17, 15) is 4.79 Å². The van der Waals surface area contributed by atoms with Crippen LogP contribution in [0.15, 0.2) is 30.5 Å². The lowest BCUT2D eigenvalue weighted by Crippen LogP contribution is -2.47. The number of rotatable bonds is 3. The standard InChI is InChI=1S/C21H29N3O3/c1-21(2,3)27-20(25)24-10-8-16(9-11-24)23(4)17-12-15-13-18(26-5)6-7-19(15)22-14-17/h6-7,12-14,16H,8-11H2,1-5H3. The predicted molar refractivity (Wildman–Crippen MR) is 108 cm³/mol. The fourth-order valence-corrected chi connectivity index (χ4v) is 3.39. The summed E-state index contributed by atoms with van der Waals surface area (Å²) in [5.74, 6) is 0.828. The summed E-state index contributed by atoms with van der Waals surface area (Å²) in [5, 5.41) is 1.06. The van der Waals surface area contributed by atoms with Crippen LogP contribution in [-0.4, -0.2) is 54.9 Å². The first-order valence-corrected chi connectivity index (χ1v) is 9.41. The molecule has 0 atom stereocenters. The molecule has 1 aromatic heterocycles. The molecule has 0 N–H and O–H groups in total. The van der Waals surface area contributed by atoms with Gasteiger partial charge in [-0.1, -0.05) is 0 Å². The fraction of sp³-hybridized carbons (Fsp3) is 0.524. The Morgan fingerprint density at radius 1 is 1.22 bits per heavy atom. The van der Waals surface area contributed by atoms with Crippen molar-refractivity contribution in [2.75, 3.05) is 32.1 Å². The van der Waals surface area contributed by atoms with E-state index in [-0.39, 0.29) is 6.09 Å². The second-order valence-corrected chi connectivity index (χ2v) is 8.06. The monoisotopic (exact) mass is 371 g/mol. The molecule has 2 aromatic rings. The molecule has 1 aliphatic heterocycles. The molecular formula is C21H29N3O3. The molecule has 1 amide bonds. The van der Waals surface area contributed by atoms with Gasteiger partial charge in [0.05, 0.1) is 24.5 Å². The maximum Gasteiger partial charge on any atom is 0.410 e. The van der Waals surface area contributed by atoms with Crippen LogP contribution >= 0.6 is 0 Å². The normalized spacial score (nSPS) is 15.7. The molecule has 6 nitrogen and oxygen atoms in total. The van der Waals surface area contributed by atoms with Crippen LogP contribution in [0.4, 0.5) is 10.5 Å². The highest BCUT2D eigenvalue weighted by Gasteiger charge is 2.28. The average Bonchev–Trinajstić information content (AvgIpc) is 2.65. The highest BCUT2D eigenvalue weighted by atomic mass is 16.6. The van der Waals surface area contributed by atoms with Crippen LogP contribution in [0.25, 0.3) is 10.9 Å². The molecule has 0 aliphatic carbocycles. The van der Waals surface area contributed by atoms with Crippen molar-refractivity contribution < 1.29 is 14.3 Å². The van der Waals surface area contributed by atoms with Crippen LogP contribution in [0, 0.1) is 0 Å². The van der Waals surface area contributed by atoms with Crippen molar-refractivity contribution >= 4 is 22.7 Å². The number of fused-ring (bicyclic) bond motifs is 1. The minimum Gasteiger partial charge on any atom is -0.497 e. The van der Waals surface area contributed by atoms with Crippen molar-refractivity contribution in [1.82, 2.24) is 9.88 Å². The number of ether oxygens (including phenoxy) is 2. The Balaban J connectivity index is 1.66. The molecule has 6 heteroatoms. The first-order chi connectivity index (χ1) is 12.8. The number of likely N-dealkylation sites (tertiary alicyclic amines) is 1. The minimum atomic E-state index is -0.456. The summed E-state index contributed by atoms with van der Waals surface area (Å²) in [6.45, 7) is 7.10. The third kappa shape index (κ3) is 4.62. The Labute approximate surface area is 161 Å². The number of hydrogen-bond donors (Lipinski definition) is 0. The molecular weight excluding hydrogens is 342 g/mol. The van der Waals surface area contributed by atoms with Crippen molar-refractivity contribution in [3.05, 3.63) is 30.5 Å². The molecule has 1 aliphatic rings. The van der Waals surface area contributed by atoms with Gasteiger partial charge >= 0.3 is 6.09 Å². The van der Waals surface area contributed by atoms with Crippen LogP contribution in [0.3, 0.4) is 0 Å². The van der Waals surface area contributed by atoms with Gasteiger partial charge in [0.25, 0.3) is 0 Å². The van der Waals surface area contributed by atoms with Crippen molar-refractivity contribution in [1.29, 1.82) is 0 Å². The van der Waals surface area contributed by atoms with Crippen molar-refractivity contribution in [2.24, 2.45) is 0 Å². The number of benzene rings is 1. The second-order valence-electron chi connectivity index (χ2n) is 8.06. The maximum absolute atomic E-state index is 12.2. The van der Waals surface area contributed by atoms with E-state index in [4.69, 9.17) is 9.47 Å². The number of carbonyl (C=O) groups is 1. The van der Waals surface area contributed by atoms with Crippen molar-refractivity contribution in [3.63, 3.8) is 0 Å². The highest BCUT2D eigenvalue weighted by Crippen LogP contribution is 2.27. The molecule has 0 radical (unpaired) electrons. The average molecular weight is 371 g/mol. The van der Waals surface area contributed by atoms with E-state index in [1.54, 1.807) is 12.0 Å². The van der Waals surface area contributed by atoms with E-state index in [1.165, 1.54) is 0 Å². The lowest BCUT2D eigenvalue weighted by Gasteiger charge is -2.38. The van der Waals surface area contributed by atoms with Gasteiger partial charge < -0.3 is 19.3 Å². The Kier molecular flexibility index (Phi) is 5.44. The zero-order valence-corrected chi connectivity index (χ0v) is 16.9. The van der Waals surface area contributed by atoms with Crippen molar-refractivity contribution in [3.8, 4) is 5.75 Å². The van der Waals surface area contributed by atoms with Gasteiger partial charge in [0.1, 0.15) is 11.4 Å². The Morgan fingerprint density at radius 2 is 1.93 bits per heavy atom. The molecule has 0 spiro atoms. The SMILES string of the molecule is COc1ccc2ncc(N(C)C3CCN(C(=O)OC(C)(C)C)CC3)cc2c1. The quantitative estimate of drug-likeness (QED) is 0.814. The summed E-state index contributed by atoms with van der Waals surface area (Å²) >= 11 is 0. The van der Waals surface area contributed by atoms with E-state index >= 15 is 0 Å². The van der Waals surface area contributed by atoms with Crippen LogP contribution in [-0.2, 0) is 4.74 Å². The minimum absolute atomic E-state index is 0.219. The van der Waals surface area contributed by atoms with Gasteiger partial charge in [0, 0.05) is 31.6 Å². The zero-order valence-electron chi connectivity index (χ0n) is 16.9. The number of methoxy groups -OCH3 is 1. The van der Waals surface area contributed by atoms with Gasteiger partial charge in [0.2, 0.25) is 0 Å². The molecule has 0 bridgehead atoms. The summed E-state index contributed by atoms with van der Waals surface area (Å²) in [6, 6.07) is 8.41. The second kappa shape index (κ2) is 7.62. The molecule has 1 saturated heterocycles. The molecule has 0 saturated carbocycles. The summed E-state index contributed by atoms with van der Waals surface area (Å²) in [6.07, 6.45) is 3.51.